The second-order valence-corrected chi connectivity index (χ2v) is 6.40. The molecule has 7 heteroatoms. The van der Waals surface area contributed by atoms with Gasteiger partial charge in [-0.05, 0) is 6.42 Å². The average molecular weight is 364 g/mol. The van der Waals surface area contributed by atoms with Crippen molar-refractivity contribution in [1.82, 2.24) is 5.32 Å². The summed E-state index contributed by atoms with van der Waals surface area (Å²) in [6, 6.07) is -1.33. The van der Waals surface area contributed by atoms with Crippen molar-refractivity contribution in [3.63, 3.8) is 0 Å². The molecular formula is C18H33N2NaO4. The number of rotatable bonds is 16. The molecule has 0 radical (unpaired) electrons. The molecule has 3 N–H and O–H groups in total. The van der Waals surface area contributed by atoms with Crippen LogP contribution in [0.3, 0.4) is 0 Å². The average Bonchev–Trinajstić information content (AvgIpc) is 2.51. The summed E-state index contributed by atoms with van der Waals surface area (Å²) in [6.45, 7) is 2.22. The van der Waals surface area contributed by atoms with Crippen molar-refractivity contribution < 1.29 is 49.0 Å². The third-order valence-corrected chi connectivity index (χ3v) is 4.03. The predicted molar refractivity (Wildman–Crippen MR) is 91.8 cm³/mol. The van der Waals surface area contributed by atoms with Gasteiger partial charge in [0.05, 0.1) is 18.4 Å². The minimum Gasteiger partial charge on any atom is -0.548 e. The first-order valence-electron chi connectivity index (χ1n) is 9.25. The molecule has 0 aromatic rings. The van der Waals surface area contributed by atoms with Crippen molar-refractivity contribution in [2.75, 3.05) is 0 Å². The third-order valence-electron chi connectivity index (χ3n) is 4.03. The quantitative estimate of drug-likeness (QED) is 0.265. The maximum absolute atomic E-state index is 11.6. The van der Waals surface area contributed by atoms with Gasteiger partial charge in [0.1, 0.15) is 0 Å². The minimum absolute atomic E-state index is 0. The van der Waals surface area contributed by atoms with Gasteiger partial charge in [-0.2, -0.15) is 0 Å². The molecule has 0 saturated heterocycles. The summed E-state index contributed by atoms with van der Waals surface area (Å²) in [5.41, 5.74) is 4.94. The van der Waals surface area contributed by atoms with E-state index in [-0.39, 0.29) is 41.9 Å². The molecule has 0 unspecified atom stereocenters. The molecule has 1 atom stereocenters. The van der Waals surface area contributed by atoms with E-state index in [1.54, 1.807) is 0 Å². The molecule has 140 valence electrons. The Hall–Kier alpha value is -0.590. The normalized spacial score (nSPS) is 11.4. The van der Waals surface area contributed by atoms with Gasteiger partial charge in [0, 0.05) is 6.42 Å². The van der Waals surface area contributed by atoms with Crippen LogP contribution in [0.25, 0.3) is 0 Å². The van der Waals surface area contributed by atoms with Crippen molar-refractivity contribution in [2.24, 2.45) is 5.73 Å². The van der Waals surface area contributed by atoms with E-state index in [9.17, 15) is 19.5 Å². The van der Waals surface area contributed by atoms with Gasteiger partial charge in [0.15, 0.2) is 0 Å². The minimum atomic E-state index is -1.49. The fourth-order valence-corrected chi connectivity index (χ4v) is 2.61. The number of unbranched alkanes of at least 4 members (excludes halogenated alkanes) is 10. The number of primary amides is 1. The van der Waals surface area contributed by atoms with Crippen LogP contribution >= 0.6 is 0 Å². The van der Waals surface area contributed by atoms with Gasteiger partial charge in [0.25, 0.3) is 0 Å². The molecule has 0 fully saturated rings. The van der Waals surface area contributed by atoms with Gasteiger partial charge in [-0.15, -0.1) is 0 Å². The first-order chi connectivity index (χ1) is 11.5. The van der Waals surface area contributed by atoms with E-state index in [0.717, 1.165) is 19.3 Å². The van der Waals surface area contributed by atoms with Crippen LogP contribution in [0.5, 0.6) is 0 Å². The molecular weight excluding hydrogens is 331 g/mol. The van der Waals surface area contributed by atoms with Gasteiger partial charge < -0.3 is 21.0 Å². The van der Waals surface area contributed by atoms with Crippen LogP contribution < -0.4 is 45.7 Å². The molecule has 0 aromatic carbocycles. The molecule has 0 bridgehead atoms. The van der Waals surface area contributed by atoms with Crippen LogP contribution in [-0.2, 0) is 14.4 Å². The summed E-state index contributed by atoms with van der Waals surface area (Å²) in [4.78, 5) is 33.2. The summed E-state index contributed by atoms with van der Waals surface area (Å²) < 4.78 is 0. The van der Waals surface area contributed by atoms with Gasteiger partial charge >= 0.3 is 29.6 Å². The molecule has 0 aromatic heterocycles. The largest absolute Gasteiger partial charge is 1.00 e. The Kier molecular flexibility index (Phi) is 19.4. The third kappa shape index (κ3) is 18.0. The van der Waals surface area contributed by atoms with Crippen LogP contribution in [-0.4, -0.2) is 23.8 Å². The second kappa shape index (κ2) is 18.2. The van der Waals surface area contributed by atoms with Gasteiger partial charge in [-0.1, -0.05) is 71.1 Å². The Bertz CT molecular complexity index is 378. The van der Waals surface area contributed by atoms with Gasteiger partial charge in [-0.25, -0.2) is 0 Å². The molecule has 0 heterocycles. The molecule has 0 aliphatic heterocycles. The smallest absolute Gasteiger partial charge is 0.548 e. The Morgan fingerprint density at radius 2 is 1.32 bits per heavy atom. The van der Waals surface area contributed by atoms with E-state index in [0.29, 0.717) is 0 Å². The van der Waals surface area contributed by atoms with E-state index >= 15 is 0 Å². The van der Waals surface area contributed by atoms with Crippen molar-refractivity contribution in [2.45, 2.75) is 96.4 Å². The molecule has 0 aliphatic carbocycles. The summed E-state index contributed by atoms with van der Waals surface area (Å²) in [6.07, 6.45) is 12.9. The Morgan fingerprint density at radius 1 is 0.880 bits per heavy atom. The topological polar surface area (TPSA) is 112 Å². The number of hydrogen-bond acceptors (Lipinski definition) is 4. The van der Waals surface area contributed by atoms with E-state index in [4.69, 9.17) is 5.73 Å². The van der Waals surface area contributed by atoms with E-state index in [2.05, 4.69) is 12.2 Å². The number of nitrogens with one attached hydrogen (secondary N) is 1. The zero-order valence-corrected chi connectivity index (χ0v) is 18.0. The van der Waals surface area contributed by atoms with Crippen molar-refractivity contribution in [1.29, 1.82) is 0 Å². The number of amides is 2. The Morgan fingerprint density at radius 3 is 1.72 bits per heavy atom. The second-order valence-electron chi connectivity index (χ2n) is 6.40. The number of carbonyl (C=O) groups excluding carboxylic acids is 3. The van der Waals surface area contributed by atoms with Gasteiger partial charge in [0.2, 0.25) is 11.8 Å². The van der Waals surface area contributed by atoms with Crippen LogP contribution in [0.1, 0.15) is 90.4 Å². The monoisotopic (exact) mass is 364 g/mol. The number of aliphatic carboxylic acids is 1. The zero-order valence-electron chi connectivity index (χ0n) is 16.0. The summed E-state index contributed by atoms with van der Waals surface area (Å²) in [7, 11) is 0. The number of hydrogen-bond donors (Lipinski definition) is 2. The Balaban J connectivity index is 0. The predicted octanol–water partition coefficient (Wildman–Crippen LogP) is -1.20. The summed E-state index contributed by atoms with van der Waals surface area (Å²) in [5, 5.41) is 13.1. The molecule has 2 amide bonds. The van der Waals surface area contributed by atoms with Crippen LogP contribution in [0.15, 0.2) is 0 Å². The van der Waals surface area contributed by atoms with E-state index in [1.807, 2.05) is 0 Å². The number of carboxylic acids is 1. The standard InChI is InChI=1S/C18H34N2O4.Na/c1-2-3-4-5-6-7-8-9-10-11-12-13-17(22)20-15(18(23)24)14-16(19)21;/h15H,2-14H2,1H3,(H2,19,21)(H,20,22)(H,23,24);/q;+1/p-1/t15-;/m0./s1. The first kappa shape index (κ1) is 26.6. The van der Waals surface area contributed by atoms with Crippen LogP contribution in [0.2, 0.25) is 0 Å². The molecule has 0 spiro atoms. The fraction of sp³-hybridized carbons (Fsp3) is 0.833. The van der Waals surface area contributed by atoms with Crippen molar-refractivity contribution in [3.8, 4) is 0 Å². The molecule has 0 saturated carbocycles. The Labute approximate surface area is 174 Å². The number of carboxylic acid groups (broad SMARTS) is 1. The molecule has 25 heavy (non-hydrogen) atoms. The van der Waals surface area contributed by atoms with E-state index in [1.165, 1.54) is 51.4 Å². The number of carbonyl (C=O) groups is 3. The maximum Gasteiger partial charge on any atom is 1.00 e. The molecule has 6 nitrogen and oxygen atoms in total. The maximum atomic E-state index is 11.6. The molecule has 0 aliphatic rings. The van der Waals surface area contributed by atoms with Crippen molar-refractivity contribution >= 4 is 17.8 Å². The van der Waals surface area contributed by atoms with Crippen LogP contribution in [0.4, 0.5) is 0 Å². The fourth-order valence-electron chi connectivity index (χ4n) is 2.61. The SMILES string of the molecule is CCCCCCCCCCCCCC(=O)N[C@@H](CC(N)=O)C(=O)[O-].[Na+]. The van der Waals surface area contributed by atoms with E-state index < -0.39 is 24.3 Å². The first-order valence-corrected chi connectivity index (χ1v) is 9.25. The van der Waals surface area contributed by atoms with Crippen LogP contribution in [0, 0.1) is 0 Å². The summed E-state index contributed by atoms with van der Waals surface area (Å²) >= 11 is 0. The van der Waals surface area contributed by atoms with Crippen molar-refractivity contribution in [3.05, 3.63) is 0 Å². The summed E-state index contributed by atoms with van der Waals surface area (Å²) in [5.74, 6) is -2.64. The zero-order chi connectivity index (χ0) is 18.2. The molecule has 0 rings (SSSR count). The van der Waals surface area contributed by atoms with Gasteiger partial charge in [-0.3, -0.25) is 9.59 Å². The number of nitrogens with two attached hydrogens (primary N) is 1.